The van der Waals surface area contributed by atoms with Crippen LogP contribution in [0.3, 0.4) is 0 Å². The fourth-order valence-electron chi connectivity index (χ4n) is 1.35. The van der Waals surface area contributed by atoms with E-state index in [0.717, 1.165) is 19.3 Å². The van der Waals surface area contributed by atoms with Crippen LogP contribution in [0, 0.1) is 0 Å². The summed E-state index contributed by atoms with van der Waals surface area (Å²) >= 11 is 0. The number of aliphatic hydroxyl groups is 1. The maximum absolute atomic E-state index is 11.1. The monoisotopic (exact) mass is 184 g/mol. The molecule has 3 heteroatoms. The Morgan fingerprint density at radius 2 is 2.38 bits per heavy atom. The Balaban J connectivity index is 2.51. The summed E-state index contributed by atoms with van der Waals surface area (Å²) in [6.07, 6.45) is 5.79. The van der Waals surface area contributed by atoms with Gasteiger partial charge in [-0.2, -0.15) is 0 Å². The van der Waals surface area contributed by atoms with Crippen molar-refractivity contribution in [3.63, 3.8) is 0 Å². The third-order valence-electron chi connectivity index (χ3n) is 2.05. The second kappa shape index (κ2) is 5.02. The fraction of sp³-hybridized carbons (Fsp3) is 0.700. The highest BCUT2D eigenvalue weighted by molar-refractivity contribution is 5.70. The van der Waals surface area contributed by atoms with Gasteiger partial charge in [-0.3, -0.25) is 4.79 Å². The van der Waals surface area contributed by atoms with Gasteiger partial charge in [-0.15, -0.1) is 0 Å². The third-order valence-corrected chi connectivity index (χ3v) is 2.05. The molecular formula is C10H16O3. The van der Waals surface area contributed by atoms with Crippen LogP contribution in [0.5, 0.6) is 0 Å². The number of rotatable bonds is 0. The summed E-state index contributed by atoms with van der Waals surface area (Å²) < 4.78 is 5.06. The van der Waals surface area contributed by atoms with Crippen molar-refractivity contribution in [2.75, 3.05) is 0 Å². The highest BCUT2D eigenvalue weighted by Crippen LogP contribution is 2.10. The van der Waals surface area contributed by atoms with Gasteiger partial charge in [0, 0.05) is 0 Å². The molecule has 2 atom stereocenters. The van der Waals surface area contributed by atoms with E-state index in [4.69, 9.17) is 4.74 Å². The van der Waals surface area contributed by atoms with Gasteiger partial charge in [-0.25, -0.2) is 0 Å². The lowest BCUT2D eigenvalue weighted by Crippen LogP contribution is -2.19. The molecular weight excluding hydrogens is 168 g/mol. The minimum atomic E-state index is -0.683. The quantitative estimate of drug-likeness (QED) is 0.457. The zero-order valence-electron chi connectivity index (χ0n) is 7.90. The molecule has 0 bridgehead atoms. The van der Waals surface area contributed by atoms with Crippen LogP contribution in [-0.4, -0.2) is 23.3 Å². The maximum Gasteiger partial charge on any atom is 0.309 e. The van der Waals surface area contributed by atoms with Crippen molar-refractivity contribution in [2.45, 2.75) is 44.8 Å². The van der Waals surface area contributed by atoms with Gasteiger partial charge in [0.2, 0.25) is 0 Å². The highest BCUT2D eigenvalue weighted by Gasteiger charge is 2.13. The lowest BCUT2D eigenvalue weighted by Gasteiger charge is -2.15. The van der Waals surface area contributed by atoms with E-state index in [0.29, 0.717) is 0 Å². The van der Waals surface area contributed by atoms with E-state index in [1.165, 1.54) is 0 Å². The zero-order chi connectivity index (χ0) is 9.68. The summed E-state index contributed by atoms with van der Waals surface area (Å²) in [5.41, 5.74) is 0. The lowest BCUT2D eigenvalue weighted by atomic mass is 10.1. The molecule has 1 N–H and O–H groups in total. The van der Waals surface area contributed by atoms with Crippen LogP contribution in [0.25, 0.3) is 0 Å². The average Bonchev–Trinajstić information content (AvgIpc) is 2.02. The Kier molecular flexibility index (Phi) is 3.96. The van der Waals surface area contributed by atoms with Crippen molar-refractivity contribution >= 4 is 5.97 Å². The van der Waals surface area contributed by atoms with Crippen molar-refractivity contribution < 1.29 is 14.6 Å². The van der Waals surface area contributed by atoms with Crippen molar-refractivity contribution in [1.29, 1.82) is 0 Å². The molecule has 0 aromatic rings. The zero-order valence-corrected chi connectivity index (χ0v) is 7.90. The summed E-state index contributed by atoms with van der Waals surface area (Å²) in [6, 6.07) is 0. The number of hydrogen-bond donors (Lipinski definition) is 1. The first-order valence-electron chi connectivity index (χ1n) is 4.72. The Hall–Kier alpha value is -0.830. The fourth-order valence-corrected chi connectivity index (χ4v) is 1.35. The van der Waals surface area contributed by atoms with Gasteiger partial charge in [-0.05, 0) is 26.2 Å². The predicted molar refractivity (Wildman–Crippen MR) is 49.2 cm³/mol. The standard InChI is InChI=1S/C10H16O3/c1-8-5-3-2-4-6-9(11)7-10(12)13-8/h4,6,8-9,11H,2-3,5,7H2,1H3/b6-4+/t8-,9-/m1/s1. The second-order valence-corrected chi connectivity index (χ2v) is 3.43. The Morgan fingerprint density at radius 3 is 3.15 bits per heavy atom. The van der Waals surface area contributed by atoms with Crippen LogP contribution in [0.2, 0.25) is 0 Å². The van der Waals surface area contributed by atoms with E-state index in [1.807, 2.05) is 13.0 Å². The summed E-state index contributed by atoms with van der Waals surface area (Å²) in [5.74, 6) is -0.313. The van der Waals surface area contributed by atoms with E-state index >= 15 is 0 Å². The van der Waals surface area contributed by atoms with Gasteiger partial charge in [0.05, 0.1) is 18.6 Å². The molecule has 0 spiro atoms. The van der Waals surface area contributed by atoms with Crippen LogP contribution in [0.15, 0.2) is 12.2 Å². The highest BCUT2D eigenvalue weighted by atomic mass is 16.5. The topological polar surface area (TPSA) is 46.5 Å². The molecule has 0 amide bonds. The van der Waals surface area contributed by atoms with E-state index in [1.54, 1.807) is 6.08 Å². The van der Waals surface area contributed by atoms with Gasteiger partial charge >= 0.3 is 5.97 Å². The largest absolute Gasteiger partial charge is 0.463 e. The van der Waals surface area contributed by atoms with Crippen LogP contribution in [-0.2, 0) is 9.53 Å². The number of hydrogen-bond acceptors (Lipinski definition) is 3. The Labute approximate surface area is 78.4 Å². The molecule has 1 rings (SSSR count). The molecule has 13 heavy (non-hydrogen) atoms. The number of aliphatic hydroxyl groups excluding tert-OH is 1. The van der Waals surface area contributed by atoms with Gasteiger partial charge < -0.3 is 9.84 Å². The minimum absolute atomic E-state index is 0.0220. The molecule has 0 unspecified atom stereocenters. The van der Waals surface area contributed by atoms with Crippen molar-refractivity contribution in [3.05, 3.63) is 12.2 Å². The molecule has 0 aliphatic carbocycles. The SMILES string of the molecule is C[C@@H]1CCC/C=C/[C@@H](O)CC(=O)O1. The van der Waals surface area contributed by atoms with Gasteiger partial charge in [0.15, 0.2) is 0 Å². The van der Waals surface area contributed by atoms with Crippen LogP contribution >= 0.6 is 0 Å². The molecule has 1 aliphatic rings. The summed E-state index contributed by atoms with van der Waals surface area (Å²) in [4.78, 5) is 11.1. The lowest BCUT2D eigenvalue weighted by molar-refractivity contribution is -0.150. The van der Waals surface area contributed by atoms with E-state index in [2.05, 4.69) is 0 Å². The van der Waals surface area contributed by atoms with E-state index < -0.39 is 6.10 Å². The van der Waals surface area contributed by atoms with E-state index in [-0.39, 0.29) is 18.5 Å². The van der Waals surface area contributed by atoms with Crippen molar-refractivity contribution in [1.82, 2.24) is 0 Å². The van der Waals surface area contributed by atoms with E-state index in [9.17, 15) is 9.90 Å². The summed E-state index contributed by atoms with van der Waals surface area (Å²) in [7, 11) is 0. The van der Waals surface area contributed by atoms with Gasteiger partial charge in [0.1, 0.15) is 0 Å². The molecule has 0 aromatic heterocycles. The molecule has 1 heterocycles. The average molecular weight is 184 g/mol. The molecule has 0 aromatic carbocycles. The van der Waals surface area contributed by atoms with Crippen molar-refractivity contribution in [2.24, 2.45) is 0 Å². The molecule has 0 saturated carbocycles. The molecule has 0 fully saturated rings. The van der Waals surface area contributed by atoms with Gasteiger partial charge in [-0.1, -0.05) is 12.2 Å². The number of cyclic esters (lactones) is 1. The van der Waals surface area contributed by atoms with Crippen LogP contribution in [0.1, 0.15) is 32.6 Å². The van der Waals surface area contributed by atoms with Crippen LogP contribution < -0.4 is 0 Å². The molecule has 0 radical (unpaired) electrons. The number of carbonyl (C=O) groups excluding carboxylic acids is 1. The van der Waals surface area contributed by atoms with Crippen LogP contribution in [0.4, 0.5) is 0 Å². The van der Waals surface area contributed by atoms with Gasteiger partial charge in [0.25, 0.3) is 0 Å². The molecule has 74 valence electrons. The normalized spacial score (nSPS) is 33.5. The smallest absolute Gasteiger partial charge is 0.309 e. The number of allylic oxidation sites excluding steroid dienone is 1. The number of ether oxygens (including phenoxy) is 1. The molecule has 1 aliphatic heterocycles. The molecule has 3 nitrogen and oxygen atoms in total. The minimum Gasteiger partial charge on any atom is -0.463 e. The summed E-state index contributed by atoms with van der Waals surface area (Å²) in [6.45, 7) is 1.88. The predicted octanol–water partition coefficient (Wildman–Crippen LogP) is 1.41. The number of carbonyl (C=O) groups is 1. The van der Waals surface area contributed by atoms with Crippen molar-refractivity contribution in [3.8, 4) is 0 Å². The third kappa shape index (κ3) is 4.08. The first-order valence-corrected chi connectivity index (χ1v) is 4.72. The maximum atomic E-state index is 11.1. The summed E-state index contributed by atoms with van der Waals surface area (Å²) in [5, 5.41) is 9.30. The first-order chi connectivity index (χ1) is 6.18. The second-order valence-electron chi connectivity index (χ2n) is 3.43. The Bertz CT molecular complexity index is 198. The Morgan fingerprint density at radius 1 is 1.62 bits per heavy atom. The first kappa shape index (κ1) is 10.3. The molecule has 0 saturated heterocycles. The number of esters is 1.